The van der Waals surface area contributed by atoms with E-state index < -0.39 is 0 Å². The van der Waals surface area contributed by atoms with Crippen molar-refractivity contribution in [3.05, 3.63) is 58.6 Å². The van der Waals surface area contributed by atoms with Crippen LogP contribution in [0.4, 0.5) is 0 Å². The first kappa shape index (κ1) is 12.2. The van der Waals surface area contributed by atoms with Crippen molar-refractivity contribution in [1.29, 1.82) is 0 Å². The summed E-state index contributed by atoms with van der Waals surface area (Å²) >= 11 is 11.7. The maximum absolute atomic E-state index is 5.91. The third kappa shape index (κ3) is 3.63. The van der Waals surface area contributed by atoms with Gasteiger partial charge in [0.15, 0.2) is 0 Å². The average molecular weight is 287 g/mol. The van der Waals surface area contributed by atoms with Crippen LogP contribution in [0.1, 0.15) is 0 Å². The summed E-state index contributed by atoms with van der Waals surface area (Å²) in [5, 5.41) is 1.53. The van der Waals surface area contributed by atoms with Gasteiger partial charge in [-0.25, -0.2) is 0 Å². The van der Waals surface area contributed by atoms with Gasteiger partial charge in [0, 0.05) is 19.8 Å². The van der Waals surface area contributed by atoms with Crippen LogP contribution in [-0.2, 0) is 0 Å². The maximum Gasteiger partial charge on any atom is 0.0417 e. The van der Waals surface area contributed by atoms with Crippen molar-refractivity contribution in [2.75, 3.05) is 0 Å². The van der Waals surface area contributed by atoms with Gasteiger partial charge in [-0.15, -0.1) is 0 Å². The lowest BCUT2D eigenvalue weighted by Gasteiger charge is -2.01. The van der Waals surface area contributed by atoms with Crippen LogP contribution in [0.25, 0.3) is 0 Å². The lowest BCUT2D eigenvalue weighted by Crippen LogP contribution is -1.70. The number of hydrogen-bond donors (Lipinski definition) is 0. The maximum atomic E-state index is 5.91. The van der Waals surface area contributed by atoms with Crippen molar-refractivity contribution >= 4 is 44.8 Å². The molecule has 2 aromatic rings. The zero-order chi connectivity index (χ0) is 11.4. The normalized spacial score (nSPS) is 10.4. The molecule has 0 unspecified atom stereocenters. The molecule has 0 amide bonds. The first-order valence-electron chi connectivity index (χ1n) is 4.60. The Balaban J connectivity index is 1.99. The topological polar surface area (TPSA) is 0 Å². The molecule has 0 spiro atoms. The van der Waals surface area contributed by atoms with E-state index in [1.54, 1.807) is 21.6 Å². The second-order valence-electron chi connectivity index (χ2n) is 3.08. The zero-order valence-electron chi connectivity index (χ0n) is 8.19. The highest BCUT2D eigenvalue weighted by Crippen LogP contribution is 2.38. The molecule has 2 rings (SSSR count). The Morgan fingerprint density at radius 1 is 0.688 bits per heavy atom. The van der Waals surface area contributed by atoms with Crippen LogP contribution >= 0.6 is 44.8 Å². The third-order valence-corrected chi connectivity index (χ3v) is 4.73. The van der Waals surface area contributed by atoms with Crippen molar-refractivity contribution in [2.24, 2.45) is 0 Å². The smallest absolute Gasteiger partial charge is 0.0417 e. The molecule has 0 aromatic heterocycles. The van der Waals surface area contributed by atoms with Crippen molar-refractivity contribution in [1.82, 2.24) is 0 Å². The fourth-order valence-electron chi connectivity index (χ4n) is 1.11. The Hall–Kier alpha value is -0.280. The fourth-order valence-corrected chi connectivity index (χ4v) is 3.46. The zero-order valence-corrected chi connectivity index (χ0v) is 11.3. The van der Waals surface area contributed by atoms with E-state index in [4.69, 9.17) is 23.2 Å². The van der Waals surface area contributed by atoms with Crippen LogP contribution in [-0.4, -0.2) is 0 Å². The molecule has 2 aromatic carbocycles. The van der Waals surface area contributed by atoms with Gasteiger partial charge in [0.25, 0.3) is 0 Å². The minimum absolute atomic E-state index is 0.761. The van der Waals surface area contributed by atoms with E-state index in [0.29, 0.717) is 0 Å². The van der Waals surface area contributed by atoms with Gasteiger partial charge >= 0.3 is 0 Å². The SMILES string of the molecule is Clc1ccc(SSc2cccc(Cl)c2)cc1. The summed E-state index contributed by atoms with van der Waals surface area (Å²) in [6.45, 7) is 0. The summed E-state index contributed by atoms with van der Waals surface area (Å²) in [6, 6.07) is 15.6. The summed E-state index contributed by atoms with van der Waals surface area (Å²) in [5.41, 5.74) is 0. The van der Waals surface area contributed by atoms with Gasteiger partial charge in [0.2, 0.25) is 0 Å². The summed E-state index contributed by atoms with van der Waals surface area (Å²) in [5.74, 6) is 0. The van der Waals surface area contributed by atoms with E-state index in [1.165, 1.54) is 4.90 Å². The van der Waals surface area contributed by atoms with Crippen molar-refractivity contribution < 1.29 is 0 Å². The van der Waals surface area contributed by atoms with Crippen molar-refractivity contribution in [3.8, 4) is 0 Å². The Morgan fingerprint density at radius 2 is 1.38 bits per heavy atom. The largest absolute Gasteiger partial charge is 0.0843 e. The first-order valence-corrected chi connectivity index (χ1v) is 7.50. The molecule has 0 saturated heterocycles. The van der Waals surface area contributed by atoms with E-state index in [9.17, 15) is 0 Å². The lowest BCUT2D eigenvalue weighted by atomic mass is 10.4. The molecule has 0 heterocycles. The lowest BCUT2D eigenvalue weighted by molar-refractivity contribution is 1.47. The van der Waals surface area contributed by atoms with Gasteiger partial charge < -0.3 is 0 Å². The molecule has 0 bridgehead atoms. The van der Waals surface area contributed by atoms with Crippen LogP contribution in [0.15, 0.2) is 58.3 Å². The molecule has 4 heteroatoms. The van der Waals surface area contributed by atoms with Crippen LogP contribution in [0.2, 0.25) is 10.0 Å². The highest BCUT2D eigenvalue weighted by atomic mass is 35.5. The Bertz CT molecular complexity index is 469. The molecule has 0 aliphatic carbocycles. The van der Waals surface area contributed by atoms with E-state index in [1.807, 2.05) is 48.5 Å². The minimum atomic E-state index is 0.761. The Morgan fingerprint density at radius 3 is 2.06 bits per heavy atom. The number of rotatable bonds is 3. The van der Waals surface area contributed by atoms with Gasteiger partial charge in [0.1, 0.15) is 0 Å². The molecule has 82 valence electrons. The predicted octanol–water partition coefficient (Wildman–Crippen LogP) is 5.79. The van der Waals surface area contributed by atoms with Crippen LogP contribution in [0.3, 0.4) is 0 Å². The quantitative estimate of drug-likeness (QED) is 0.655. The van der Waals surface area contributed by atoms with E-state index >= 15 is 0 Å². The van der Waals surface area contributed by atoms with Crippen LogP contribution in [0.5, 0.6) is 0 Å². The molecule has 0 aliphatic heterocycles. The second kappa shape index (κ2) is 5.87. The first-order chi connectivity index (χ1) is 7.74. The number of hydrogen-bond acceptors (Lipinski definition) is 2. The van der Waals surface area contributed by atoms with E-state index in [2.05, 4.69) is 0 Å². The molecule has 0 aliphatic rings. The summed E-state index contributed by atoms with van der Waals surface area (Å²) in [4.78, 5) is 2.32. The van der Waals surface area contributed by atoms with Crippen LogP contribution < -0.4 is 0 Å². The minimum Gasteiger partial charge on any atom is -0.0843 e. The Labute approximate surface area is 113 Å². The second-order valence-corrected chi connectivity index (χ2v) is 6.23. The van der Waals surface area contributed by atoms with Crippen molar-refractivity contribution in [3.63, 3.8) is 0 Å². The van der Waals surface area contributed by atoms with Gasteiger partial charge in [-0.3, -0.25) is 0 Å². The highest BCUT2D eigenvalue weighted by Gasteiger charge is 1.98. The average Bonchev–Trinajstić information content (AvgIpc) is 2.28. The summed E-state index contributed by atoms with van der Waals surface area (Å²) in [6.07, 6.45) is 0. The number of benzene rings is 2. The molecule has 0 radical (unpaired) electrons. The summed E-state index contributed by atoms with van der Waals surface area (Å²) in [7, 11) is 3.37. The predicted molar refractivity (Wildman–Crippen MR) is 74.6 cm³/mol. The van der Waals surface area contributed by atoms with Crippen LogP contribution in [0, 0.1) is 0 Å². The molecular formula is C12H8Cl2S2. The standard InChI is InChI=1S/C12H8Cl2S2/c13-9-4-6-11(7-5-9)15-16-12-3-1-2-10(14)8-12/h1-8H. The summed E-state index contributed by atoms with van der Waals surface area (Å²) < 4.78 is 0. The Kier molecular flexibility index (Phi) is 4.47. The molecule has 16 heavy (non-hydrogen) atoms. The third-order valence-electron chi connectivity index (χ3n) is 1.84. The van der Waals surface area contributed by atoms with Gasteiger partial charge in [0.05, 0.1) is 0 Å². The molecule has 0 nitrogen and oxygen atoms in total. The molecule has 0 fully saturated rings. The van der Waals surface area contributed by atoms with Gasteiger partial charge in [-0.1, -0.05) is 50.9 Å². The van der Waals surface area contributed by atoms with Crippen molar-refractivity contribution in [2.45, 2.75) is 9.79 Å². The number of halogens is 2. The van der Waals surface area contributed by atoms with Gasteiger partial charge in [-0.05, 0) is 42.5 Å². The van der Waals surface area contributed by atoms with Gasteiger partial charge in [-0.2, -0.15) is 0 Å². The molecule has 0 N–H and O–H groups in total. The molecular weight excluding hydrogens is 279 g/mol. The molecule has 0 saturated carbocycles. The fraction of sp³-hybridized carbons (Fsp3) is 0. The monoisotopic (exact) mass is 286 g/mol. The van der Waals surface area contributed by atoms with E-state index in [0.717, 1.165) is 14.9 Å². The molecule has 0 atom stereocenters. The highest BCUT2D eigenvalue weighted by molar-refractivity contribution is 8.76. The van der Waals surface area contributed by atoms with E-state index in [-0.39, 0.29) is 0 Å².